The molecule has 2 aromatic heterocycles. The van der Waals surface area contributed by atoms with E-state index in [-0.39, 0.29) is 26.2 Å². The van der Waals surface area contributed by atoms with Crippen molar-refractivity contribution >= 4 is 0 Å². The molecule has 0 aliphatic carbocycles. The van der Waals surface area contributed by atoms with Gasteiger partial charge in [-0.3, -0.25) is 14.3 Å². The van der Waals surface area contributed by atoms with Crippen LogP contribution in [0.15, 0.2) is 22.0 Å². The van der Waals surface area contributed by atoms with E-state index in [2.05, 4.69) is 15.3 Å². The molecule has 26 heavy (non-hydrogen) atoms. The Morgan fingerprint density at radius 2 is 2.27 bits per heavy atom. The van der Waals surface area contributed by atoms with Gasteiger partial charge in [-0.05, 0) is 6.92 Å². The van der Waals surface area contributed by atoms with Gasteiger partial charge in [-0.25, -0.2) is 13.9 Å². The third-order valence-electron chi connectivity index (χ3n) is 4.09. The Labute approximate surface area is 147 Å². The van der Waals surface area contributed by atoms with Crippen LogP contribution >= 0.6 is 0 Å². The molecular formula is C15H20FN5O5. The van der Waals surface area contributed by atoms with Gasteiger partial charge in [-0.2, -0.15) is 0 Å². The predicted molar refractivity (Wildman–Crippen MR) is 86.2 cm³/mol. The summed E-state index contributed by atoms with van der Waals surface area (Å²) < 4.78 is 26.0. The average Bonchev–Trinajstić information content (AvgIpc) is 3.18. The molecule has 0 bridgehead atoms. The summed E-state index contributed by atoms with van der Waals surface area (Å²) in [5.41, 5.74) is -0.136. The Morgan fingerprint density at radius 1 is 1.46 bits per heavy atom. The average molecular weight is 369 g/mol. The fourth-order valence-electron chi connectivity index (χ4n) is 2.72. The maximum Gasteiger partial charge on any atom is 0.330 e. The number of alkyl halides is 1. The van der Waals surface area contributed by atoms with Crippen molar-refractivity contribution < 1.29 is 19.0 Å². The van der Waals surface area contributed by atoms with Gasteiger partial charge >= 0.3 is 5.69 Å². The lowest BCUT2D eigenvalue weighted by Gasteiger charge is -2.16. The van der Waals surface area contributed by atoms with E-state index in [9.17, 15) is 19.1 Å². The third-order valence-corrected chi connectivity index (χ3v) is 4.09. The van der Waals surface area contributed by atoms with Gasteiger partial charge in [-0.15, -0.1) is 5.10 Å². The van der Waals surface area contributed by atoms with Crippen molar-refractivity contribution in [3.05, 3.63) is 44.5 Å². The molecule has 1 fully saturated rings. The Morgan fingerprint density at radius 3 is 3.04 bits per heavy atom. The van der Waals surface area contributed by atoms with E-state index in [4.69, 9.17) is 9.47 Å². The molecule has 2 N–H and O–H groups in total. The number of halogens is 1. The van der Waals surface area contributed by atoms with Crippen molar-refractivity contribution in [2.75, 3.05) is 13.3 Å². The molecule has 0 amide bonds. The highest BCUT2D eigenvalue weighted by Gasteiger charge is 2.35. The van der Waals surface area contributed by atoms with E-state index in [1.54, 1.807) is 13.1 Å². The van der Waals surface area contributed by atoms with Crippen molar-refractivity contribution in [1.29, 1.82) is 0 Å². The number of hydrogen-bond donors (Lipinski definition) is 2. The minimum absolute atomic E-state index is 0.0880. The molecule has 3 heterocycles. The Bertz CT molecular complexity index is 863. The van der Waals surface area contributed by atoms with E-state index in [0.29, 0.717) is 11.3 Å². The zero-order valence-electron chi connectivity index (χ0n) is 14.2. The van der Waals surface area contributed by atoms with Crippen LogP contribution in [0.4, 0.5) is 4.39 Å². The minimum Gasteiger partial charge on any atom is -0.390 e. The molecule has 0 aromatic carbocycles. The molecule has 0 radical (unpaired) electrons. The van der Waals surface area contributed by atoms with Crippen LogP contribution in [0.3, 0.4) is 0 Å². The second-order valence-corrected chi connectivity index (χ2v) is 6.09. The molecule has 2 aromatic rings. The lowest BCUT2D eigenvalue weighted by Crippen LogP contribution is -2.33. The van der Waals surface area contributed by atoms with Gasteiger partial charge in [-0.1, -0.05) is 5.21 Å². The first-order chi connectivity index (χ1) is 12.5. The molecule has 1 saturated heterocycles. The van der Waals surface area contributed by atoms with Crippen LogP contribution in [0.1, 0.15) is 23.9 Å². The quantitative estimate of drug-likeness (QED) is 0.659. The van der Waals surface area contributed by atoms with Gasteiger partial charge in [0, 0.05) is 18.2 Å². The number of aliphatic hydroxyl groups is 1. The maximum absolute atomic E-state index is 12.2. The number of aliphatic hydroxyl groups excluding tert-OH is 1. The van der Waals surface area contributed by atoms with E-state index >= 15 is 0 Å². The number of aromatic amines is 1. The molecule has 0 spiro atoms. The largest absolute Gasteiger partial charge is 0.390 e. The van der Waals surface area contributed by atoms with Crippen molar-refractivity contribution in [2.24, 2.45) is 0 Å². The normalized spacial score (nSPS) is 22.8. The number of hydrogen-bond acceptors (Lipinski definition) is 7. The van der Waals surface area contributed by atoms with Gasteiger partial charge in [0.1, 0.15) is 24.7 Å². The second kappa shape index (κ2) is 7.89. The van der Waals surface area contributed by atoms with E-state index < -0.39 is 36.4 Å². The Balaban J connectivity index is 1.56. The summed E-state index contributed by atoms with van der Waals surface area (Å²) in [6.45, 7) is 1.41. The number of ether oxygens (including phenoxy) is 2. The summed E-state index contributed by atoms with van der Waals surface area (Å²) in [6.07, 6.45) is 1.06. The second-order valence-electron chi connectivity index (χ2n) is 6.09. The SMILES string of the molecule is Cc1cn([C@H]2C[C@H](O)[C@@H](COCc3cn(CCF)nn3)O2)c(=O)[nH]c1=O. The lowest BCUT2D eigenvalue weighted by molar-refractivity contribution is -0.0671. The monoisotopic (exact) mass is 369 g/mol. The summed E-state index contributed by atoms with van der Waals surface area (Å²) in [4.78, 5) is 25.6. The lowest BCUT2D eigenvalue weighted by atomic mass is 10.2. The standard InChI is InChI=1S/C15H20FN5O5/c1-9-5-21(15(24)17-14(9)23)13-4-11(22)12(26-13)8-25-7-10-6-20(3-2-16)19-18-10/h5-6,11-13,22H,2-4,7-8H2,1H3,(H,17,23,24)/t11-,12+,13+/m0/s1. The number of nitrogens with one attached hydrogen (secondary N) is 1. The van der Waals surface area contributed by atoms with Gasteiger partial charge in [0.05, 0.1) is 32.1 Å². The predicted octanol–water partition coefficient (Wildman–Crippen LogP) is -0.729. The Kier molecular flexibility index (Phi) is 5.59. The summed E-state index contributed by atoms with van der Waals surface area (Å²) in [5, 5.41) is 17.7. The molecule has 3 atom stereocenters. The van der Waals surface area contributed by atoms with Crippen LogP contribution in [0.2, 0.25) is 0 Å². The van der Waals surface area contributed by atoms with Gasteiger partial charge in [0.25, 0.3) is 5.56 Å². The highest BCUT2D eigenvalue weighted by molar-refractivity contribution is 5.02. The Hall–Kier alpha value is -2.37. The van der Waals surface area contributed by atoms with Gasteiger partial charge < -0.3 is 14.6 Å². The molecule has 11 heteroatoms. The summed E-state index contributed by atoms with van der Waals surface area (Å²) in [5.74, 6) is 0. The third kappa shape index (κ3) is 4.06. The molecule has 1 aliphatic rings. The topological polar surface area (TPSA) is 124 Å². The van der Waals surface area contributed by atoms with Crippen LogP contribution in [-0.2, 0) is 22.6 Å². The van der Waals surface area contributed by atoms with Crippen LogP contribution in [0.25, 0.3) is 0 Å². The molecule has 10 nitrogen and oxygen atoms in total. The van der Waals surface area contributed by atoms with Crippen LogP contribution in [0.5, 0.6) is 0 Å². The van der Waals surface area contributed by atoms with Crippen LogP contribution < -0.4 is 11.2 Å². The molecule has 0 saturated carbocycles. The number of rotatable bonds is 7. The van der Waals surface area contributed by atoms with Crippen LogP contribution in [-0.4, -0.2) is 55.1 Å². The summed E-state index contributed by atoms with van der Waals surface area (Å²) in [7, 11) is 0. The molecule has 142 valence electrons. The number of aromatic nitrogens is 5. The van der Waals surface area contributed by atoms with Crippen LogP contribution in [0, 0.1) is 6.92 Å². The molecule has 0 unspecified atom stereocenters. The fourth-order valence-corrected chi connectivity index (χ4v) is 2.72. The van der Waals surface area contributed by atoms with E-state index in [0.717, 1.165) is 0 Å². The number of aryl methyl sites for hydroxylation is 2. The van der Waals surface area contributed by atoms with Crippen molar-refractivity contribution in [1.82, 2.24) is 24.5 Å². The summed E-state index contributed by atoms with van der Waals surface area (Å²) >= 11 is 0. The molecule has 3 rings (SSSR count). The first-order valence-electron chi connectivity index (χ1n) is 8.16. The first-order valence-corrected chi connectivity index (χ1v) is 8.16. The first kappa shape index (κ1) is 18.4. The number of nitrogens with zero attached hydrogens (tertiary/aromatic N) is 4. The highest BCUT2D eigenvalue weighted by Crippen LogP contribution is 2.27. The van der Waals surface area contributed by atoms with Gasteiger partial charge in [0.2, 0.25) is 0 Å². The van der Waals surface area contributed by atoms with E-state index in [1.165, 1.54) is 15.4 Å². The summed E-state index contributed by atoms with van der Waals surface area (Å²) in [6, 6.07) is 0. The van der Waals surface area contributed by atoms with Gasteiger partial charge in [0.15, 0.2) is 0 Å². The zero-order chi connectivity index (χ0) is 18.7. The maximum atomic E-state index is 12.2. The molecule has 1 aliphatic heterocycles. The smallest absolute Gasteiger partial charge is 0.330 e. The van der Waals surface area contributed by atoms with Crippen molar-refractivity contribution in [3.8, 4) is 0 Å². The highest BCUT2D eigenvalue weighted by atomic mass is 19.1. The minimum atomic E-state index is -0.818. The zero-order valence-corrected chi connectivity index (χ0v) is 14.2. The van der Waals surface area contributed by atoms with Crippen molar-refractivity contribution in [3.63, 3.8) is 0 Å². The van der Waals surface area contributed by atoms with E-state index in [1.807, 2.05) is 0 Å². The fraction of sp³-hybridized carbons (Fsp3) is 0.600. The molecular weight excluding hydrogens is 349 g/mol. The number of H-pyrrole nitrogens is 1. The van der Waals surface area contributed by atoms with Crippen molar-refractivity contribution in [2.45, 2.75) is 44.9 Å².